The lowest BCUT2D eigenvalue weighted by atomic mass is 10.0. The summed E-state index contributed by atoms with van der Waals surface area (Å²) in [6, 6.07) is 6.93. The summed E-state index contributed by atoms with van der Waals surface area (Å²) in [6.45, 7) is 3.30. The Kier molecular flexibility index (Phi) is 6.64. The Morgan fingerprint density at radius 2 is 2.00 bits per heavy atom. The Morgan fingerprint density at radius 1 is 1.37 bits per heavy atom. The normalized spacial score (nSPS) is 12.5. The van der Waals surface area contributed by atoms with Gasteiger partial charge in [0, 0.05) is 24.2 Å². The molecule has 0 saturated heterocycles. The van der Waals surface area contributed by atoms with Gasteiger partial charge in [0.2, 0.25) is 5.75 Å². The van der Waals surface area contributed by atoms with E-state index in [9.17, 15) is 34.8 Å². The summed E-state index contributed by atoms with van der Waals surface area (Å²) in [5.74, 6) is -3.16. The quantitative estimate of drug-likeness (QED) is 0.236. The summed E-state index contributed by atoms with van der Waals surface area (Å²) in [4.78, 5) is 24.0. The van der Waals surface area contributed by atoms with Crippen LogP contribution in [0.15, 0.2) is 35.9 Å². The maximum absolute atomic E-state index is 14.2. The maximum atomic E-state index is 14.2. The summed E-state index contributed by atoms with van der Waals surface area (Å²) >= 11 is 5.75. The van der Waals surface area contributed by atoms with Gasteiger partial charge >= 0.3 is 5.69 Å². The summed E-state index contributed by atoms with van der Waals surface area (Å²) in [5.41, 5.74) is -0.863. The van der Waals surface area contributed by atoms with Crippen molar-refractivity contribution in [2.24, 2.45) is 0 Å². The lowest BCUT2D eigenvalue weighted by Gasteiger charge is -2.26. The molecule has 156 valence electrons. The minimum atomic E-state index is -0.935. The van der Waals surface area contributed by atoms with Crippen molar-refractivity contribution < 1.29 is 24.3 Å². The zero-order chi connectivity index (χ0) is 22.7. The molecule has 0 fully saturated rings. The van der Waals surface area contributed by atoms with E-state index >= 15 is 0 Å². The molecule has 1 atom stereocenters. The van der Waals surface area contributed by atoms with Crippen LogP contribution in [-0.4, -0.2) is 33.0 Å². The number of halogens is 2. The molecule has 2 aromatic rings. The smallest absolute Gasteiger partial charge is 0.313 e. The molecule has 2 aromatic carbocycles. The Bertz CT molecular complexity index is 1110. The van der Waals surface area contributed by atoms with Gasteiger partial charge in [-0.25, -0.2) is 4.39 Å². The van der Waals surface area contributed by atoms with Crippen LogP contribution in [-0.2, 0) is 4.79 Å². The van der Waals surface area contributed by atoms with E-state index in [2.05, 4.69) is 0 Å². The molecule has 0 radical (unpaired) electrons. The number of carbonyl (C=O) groups is 1. The molecule has 1 amide bonds. The minimum absolute atomic E-state index is 0.214. The highest BCUT2D eigenvalue weighted by Gasteiger charge is 2.28. The van der Waals surface area contributed by atoms with Gasteiger partial charge in [-0.05, 0) is 26.0 Å². The molecular weight excluding hydrogens is 417 g/mol. The number of nitrogens with zero attached hydrogens (tertiary/aromatic N) is 3. The molecule has 0 aromatic heterocycles. The number of aliphatic hydroxyl groups is 1. The number of phenolic OH excluding ortho intramolecular Hbond substituents is 1. The number of nitro benzene ring substituents is 1. The fourth-order valence-electron chi connectivity index (χ4n) is 2.75. The lowest BCUT2D eigenvalue weighted by molar-refractivity contribution is -0.385. The maximum Gasteiger partial charge on any atom is 0.313 e. The number of aromatic hydroxyl groups is 1. The van der Waals surface area contributed by atoms with E-state index in [1.807, 2.05) is 0 Å². The summed E-state index contributed by atoms with van der Waals surface area (Å²) in [7, 11) is 1.33. The Morgan fingerprint density at radius 3 is 2.57 bits per heavy atom. The predicted octanol–water partition coefficient (Wildman–Crippen LogP) is 4.41. The number of likely N-dealkylation sites (N-methyl/N-ethyl adjacent to an activating group) is 1. The highest BCUT2D eigenvalue weighted by molar-refractivity contribution is 6.32. The van der Waals surface area contributed by atoms with Crippen LogP contribution in [0.3, 0.4) is 0 Å². The van der Waals surface area contributed by atoms with Crippen LogP contribution in [0.2, 0.25) is 5.02 Å². The van der Waals surface area contributed by atoms with Crippen LogP contribution >= 0.6 is 11.6 Å². The number of amides is 1. The highest BCUT2D eigenvalue weighted by Crippen LogP contribution is 2.37. The van der Waals surface area contributed by atoms with Gasteiger partial charge in [-0.2, -0.15) is 5.26 Å². The fraction of sp³-hybridized carbons (Fsp3) is 0.200. The molecule has 2 N–H and O–H groups in total. The van der Waals surface area contributed by atoms with Crippen LogP contribution in [0.25, 0.3) is 5.76 Å². The fourth-order valence-corrected chi connectivity index (χ4v) is 2.97. The number of hydrogen-bond donors (Lipinski definition) is 2. The van der Waals surface area contributed by atoms with Crippen LogP contribution < -0.4 is 0 Å². The molecule has 1 unspecified atom stereocenters. The average Bonchev–Trinajstić information content (AvgIpc) is 2.70. The summed E-state index contributed by atoms with van der Waals surface area (Å²) < 4.78 is 14.2. The van der Waals surface area contributed by atoms with Crippen molar-refractivity contribution in [1.82, 2.24) is 4.90 Å². The molecule has 0 aliphatic rings. The van der Waals surface area contributed by atoms with Gasteiger partial charge in [-0.1, -0.05) is 29.3 Å². The molecule has 10 heteroatoms. The van der Waals surface area contributed by atoms with Gasteiger partial charge < -0.3 is 15.1 Å². The molecule has 0 bridgehead atoms. The molecule has 30 heavy (non-hydrogen) atoms. The van der Waals surface area contributed by atoms with E-state index in [1.165, 1.54) is 13.1 Å². The van der Waals surface area contributed by atoms with Crippen molar-refractivity contribution in [3.8, 4) is 11.8 Å². The molecule has 0 aliphatic heterocycles. The number of hydrogen-bond acceptors (Lipinski definition) is 6. The van der Waals surface area contributed by atoms with Gasteiger partial charge in [-0.15, -0.1) is 0 Å². The molecule has 0 aliphatic carbocycles. The first-order valence-electron chi connectivity index (χ1n) is 8.53. The first-order chi connectivity index (χ1) is 14.0. The molecule has 8 nitrogen and oxygen atoms in total. The van der Waals surface area contributed by atoms with Crippen LogP contribution in [0.4, 0.5) is 10.1 Å². The average molecular weight is 434 g/mol. The van der Waals surface area contributed by atoms with E-state index < -0.39 is 50.5 Å². The largest absolute Gasteiger partial charge is 0.506 e. The second kappa shape index (κ2) is 8.80. The summed E-state index contributed by atoms with van der Waals surface area (Å²) in [6.07, 6.45) is 0. The zero-order valence-electron chi connectivity index (χ0n) is 16.2. The van der Waals surface area contributed by atoms with E-state index in [0.29, 0.717) is 0 Å². The Hall–Kier alpha value is -3.64. The molecule has 0 saturated carbocycles. The van der Waals surface area contributed by atoms with Gasteiger partial charge in [0.1, 0.15) is 17.6 Å². The number of aliphatic hydroxyl groups excluding tert-OH is 1. The molecular formula is C20H17ClFN3O5. The predicted molar refractivity (Wildman–Crippen MR) is 107 cm³/mol. The Balaban J connectivity index is 2.51. The highest BCUT2D eigenvalue weighted by atomic mass is 35.5. The SMILES string of the molecule is Cc1ccc(F)c(C(C)N(C)C(=O)/C(C#N)=C(\O)c2cc(Cl)c(O)c([N+](=O)[O-])c2)c1. The molecule has 0 heterocycles. The van der Waals surface area contributed by atoms with E-state index in [1.54, 1.807) is 32.0 Å². The third-order valence-corrected chi connectivity index (χ3v) is 4.87. The van der Waals surface area contributed by atoms with Crippen LogP contribution in [0, 0.1) is 34.2 Å². The third kappa shape index (κ3) is 4.34. The number of rotatable bonds is 5. The van der Waals surface area contributed by atoms with Gasteiger partial charge in [0.25, 0.3) is 5.91 Å². The standard InChI is InChI=1S/C20H17ClFN3O5/c1-10-4-5-16(22)13(6-10)11(2)24(3)20(28)14(9-23)18(26)12-7-15(21)19(27)17(8-12)25(29)30/h4-8,11,26-27H,1-3H3/b18-14-. The topological polar surface area (TPSA) is 128 Å². The van der Waals surface area contributed by atoms with Crippen molar-refractivity contribution in [2.45, 2.75) is 19.9 Å². The number of benzene rings is 2. The van der Waals surface area contributed by atoms with Crippen LogP contribution in [0.5, 0.6) is 5.75 Å². The number of nitriles is 1. The first-order valence-corrected chi connectivity index (χ1v) is 8.91. The van der Waals surface area contributed by atoms with Gasteiger partial charge in [-0.3, -0.25) is 14.9 Å². The first kappa shape index (κ1) is 22.6. The second-order valence-corrected chi connectivity index (χ2v) is 6.94. The number of carbonyl (C=O) groups excluding carboxylic acids is 1. The number of phenols is 1. The summed E-state index contributed by atoms with van der Waals surface area (Å²) in [5, 5.41) is 40.1. The van der Waals surface area contributed by atoms with Crippen molar-refractivity contribution in [3.63, 3.8) is 0 Å². The lowest BCUT2D eigenvalue weighted by Crippen LogP contribution is -2.31. The Labute approximate surface area is 176 Å². The van der Waals surface area contributed by atoms with E-state index in [-0.39, 0.29) is 11.1 Å². The number of aryl methyl sites for hydroxylation is 1. The van der Waals surface area contributed by atoms with Gasteiger partial charge in [0.15, 0.2) is 5.57 Å². The molecule has 2 rings (SSSR count). The van der Waals surface area contributed by atoms with Crippen molar-refractivity contribution in [3.05, 3.63) is 73.5 Å². The third-order valence-electron chi connectivity index (χ3n) is 4.58. The van der Waals surface area contributed by atoms with Crippen molar-refractivity contribution in [2.75, 3.05) is 7.05 Å². The van der Waals surface area contributed by atoms with Gasteiger partial charge in [0.05, 0.1) is 16.0 Å². The zero-order valence-corrected chi connectivity index (χ0v) is 16.9. The van der Waals surface area contributed by atoms with Crippen LogP contribution in [0.1, 0.15) is 29.7 Å². The number of nitro groups is 1. The molecule has 0 spiro atoms. The van der Waals surface area contributed by atoms with Crippen molar-refractivity contribution >= 4 is 29.0 Å². The van der Waals surface area contributed by atoms with E-state index in [4.69, 9.17) is 11.6 Å². The van der Waals surface area contributed by atoms with E-state index in [0.717, 1.165) is 22.6 Å². The minimum Gasteiger partial charge on any atom is -0.506 e. The monoisotopic (exact) mass is 433 g/mol. The van der Waals surface area contributed by atoms with Crippen molar-refractivity contribution in [1.29, 1.82) is 5.26 Å². The second-order valence-electron chi connectivity index (χ2n) is 6.54.